The van der Waals surface area contributed by atoms with E-state index in [1.165, 1.54) is 0 Å². The van der Waals surface area contributed by atoms with E-state index in [-0.39, 0.29) is 0 Å². The number of carbonyl (C=O) groups excluding carboxylic acids is 1. The molecule has 3 aromatic rings. The second-order valence-corrected chi connectivity index (χ2v) is 8.09. The average Bonchev–Trinajstić information content (AvgIpc) is 2.72. The highest BCUT2D eigenvalue weighted by atomic mass is 16.3. The van der Waals surface area contributed by atoms with Crippen LogP contribution in [0.3, 0.4) is 0 Å². The van der Waals surface area contributed by atoms with Gasteiger partial charge in [-0.15, -0.1) is 0 Å². The smallest absolute Gasteiger partial charge is 0.231 e. The van der Waals surface area contributed by atoms with Crippen molar-refractivity contribution >= 4 is 16.7 Å². The molecule has 1 unspecified atom stereocenters. The Hall–Kier alpha value is -2.65. The molecule has 1 aliphatic rings. The first kappa shape index (κ1) is 18.7. The molecular formula is C25H27NO2. The summed E-state index contributed by atoms with van der Waals surface area (Å²) in [5, 5.41) is 14.0. The van der Waals surface area contributed by atoms with Crippen LogP contribution in [0.2, 0.25) is 0 Å². The van der Waals surface area contributed by atoms with Crippen LogP contribution < -0.4 is 5.73 Å². The van der Waals surface area contributed by atoms with Crippen LogP contribution in [0, 0.1) is 0 Å². The number of rotatable bonds is 5. The molecule has 0 radical (unpaired) electrons. The molecule has 3 nitrogen and oxygen atoms in total. The van der Waals surface area contributed by atoms with Gasteiger partial charge in [0.25, 0.3) is 0 Å². The van der Waals surface area contributed by atoms with Gasteiger partial charge in [0.15, 0.2) is 0 Å². The molecule has 0 aromatic heterocycles. The van der Waals surface area contributed by atoms with E-state index in [0.717, 1.165) is 41.2 Å². The summed E-state index contributed by atoms with van der Waals surface area (Å²) in [5.41, 5.74) is 5.64. The molecule has 1 aliphatic carbocycles. The lowest BCUT2D eigenvalue weighted by molar-refractivity contribution is -0.140. The van der Waals surface area contributed by atoms with E-state index in [1.807, 2.05) is 66.7 Å². The maximum atomic E-state index is 13.1. The van der Waals surface area contributed by atoms with Gasteiger partial charge in [-0.05, 0) is 47.2 Å². The molecular weight excluding hydrogens is 346 g/mol. The van der Waals surface area contributed by atoms with E-state index in [4.69, 9.17) is 5.73 Å². The van der Waals surface area contributed by atoms with Crippen LogP contribution in [0.5, 0.6) is 0 Å². The zero-order valence-corrected chi connectivity index (χ0v) is 16.1. The first-order chi connectivity index (χ1) is 13.6. The van der Waals surface area contributed by atoms with Gasteiger partial charge in [0.2, 0.25) is 5.91 Å². The summed E-state index contributed by atoms with van der Waals surface area (Å²) in [6.07, 6.45) is 4.49. The van der Waals surface area contributed by atoms with E-state index >= 15 is 0 Å². The summed E-state index contributed by atoms with van der Waals surface area (Å²) in [5.74, 6) is -0.448. The van der Waals surface area contributed by atoms with Gasteiger partial charge in [0, 0.05) is 0 Å². The summed E-state index contributed by atoms with van der Waals surface area (Å²) in [6, 6.07) is 24.0. The maximum absolute atomic E-state index is 13.1. The molecule has 28 heavy (non-hydrogen) atoms. The molecule has 3 heteroatoms. The molecule has 0 spiro atoms. The topological polar surface area (TPSA) is 63.3 Å². The molecule has 4 rings (SSSR count). The Kier molecular flexibility index (Phi) is 4.94. The monoisotopic (exact) mass is 373 g/mol. The first-order valence-corrected chi connectivity index (χ1v) is 10.1. The molecule has 1 fully saturated rings. The van der Waals surface area contributed by atoms with E-state index in [0.29, 0.717) is 19.3 Å². The third-order valence-electron chi connectivity index (χ3n) is 6.45. The quantitative estimate of drug-likeness (QED) is 0.692. The Bertz CT molecular complexity index is 976. The van der Waals surface area contributed by atoms with Crippen molar-refractivity contribution in [2.24, 2.45) is 5.73 Å². The van der Waals surface area contributed by atoms with Crippen molar-refractivity contribution in [1.82, 2.24) is 0 Å². The number of hydrogen-bond donors (Lipinski definition) is 2. The molecule has 0 heterocycles. The van der Waals surface area contributed by atoms with Crippen LogP contribution in [-0.4, -0.2) is 16.6 Å². The largest absolute Gasteiger partial charge is 0.388 e. The Balaban J connectivity index is 1.93. The summed E-state index contributed by atoms with van der Waals surface area (Å²) in [4.78, 5) is 13.1. The van der Waals surface area contributed by atoms with Crippen molar-refractivity contribution in [3.8, 4) is 0 Å². The average molecular weight is 373 g/mol. The van der Waals surface area contributed by atoms with Gasteiger partial charge < -0.3 is 10.8 Å². The molecule has 0 saturated heterocycles. The van der Waals surface area contributed by atoms with Crippen molar-refractivity contribution in [2.45, 2.75) is 49.5 Å². The third kappa shape index (κ3) is 3.10. The van der Waals surface area contributed by atoms with Crippen LogP contribution in [0.25, 0.3) is 10.8 Å². The Morgan fingerprint density at radius 3 is 2.21 bits per heavy atom. The lowest BCUT2D eigenvalue weighted by Gasteiger charge is -2.48. The van der Waals surface area contributed by atoms with Gasteiger partial charge in [-0.1, -0.05) is 86.0 Å². The fraction of sp³-hybridized carbons (Fsp3) is 0.320. The normalized spacial score (nSPS) is 18.5. The molecule has 0 aliphatic heterocycles. The van der Waals surface area contributed by atoms with Crippen molar-refractivity contribution in [1.29, 1.82) is 0 Å². The van der Waals surface area contributed by atoms with Crippen molar-refractivity contribution in [3.63, 3.8) is 0 Å². The molecule has 3 aromatic carbocycles. The highest BCUT2D eigenvalue weighted by Crippen LogP contribution is 2.47. The number of aliphatic hydroxyl groups is 1. The number of benzene rings is 3. The van der Waals surface area contributed by atoms with E-state index < -0.39 is 16.9 Å². The van der Waals surface area contributed by atoms with Gasteiger partial charge in [-0.3, -0.25) is 4.79 Å². The van der Waals surface area contributed by atoms with E-state index in [9.17, 15) is 9.90 Å². The van der Waals surface area contributed by atoms with Gasteiger partial charge in [-0.2, -0.15) is 0 Å². The number of fused-ring (bicyclic) bond motifs is 1. The standard InChI is InChI=1S/C25H27NO2/c26-23(27)25(18-19-9-3-1-4-10-19,24(28)15-7-2-8-16-24)22-14-13-20-11-5-6-12-21(20)17-22/h1,3-6,9-14,17,28H,2,7-8,15-16,18H2,(H2,26,27). The zero-order chi connectivity index (χ0) is 19.6. The molecule has 3 N–H and O–H groups in total. The molecule has 1 amide bonds. The third-order valence-corrected chi connectivity index (χ3v) is 6.45. The van der Waals surface area contributed by atoms with Crippen molar-refractivity contribution in [3.05, 3.63) is 83.9 Å². The lowest BCUT2D eigenvalue weighted by Crippen LogP contribution is -2.61. The number of hydrogen-bond acceptors (Lipinski definition) is 2. The molecule has 0 bridgehead atoms. The summed E-state index contributed by atoms with van der Waals surface area (Å²) >= 11 is 0. The molecule has 1 saturated carbocycles. The number of primary amides is 1. The Labute approximate surface area is 166 Å². The SMILES string of the molecule is NC(=O)C(Cc1ccccc1)(c1ccc2ccccc2c1)C1(O)CCCCC1. The van der Waals surface area contributed by atoms with E-state index in [2.05, 4.69) is 6.07 Å². The maximum Gasteiger partial charge on any atom is 0.231 e. The highest BCUT2D eigenvalue weighted by Gasteiger charge is 2.55. The number of amides is 1. The van der Waals surface area contributed by atoms with Crippen LogP contribution in [0.15, 0.2) is 72.8 Å². The second-order valence-electron chi connectivity index (χ2n) is 8.09. The summed E-state index contributed by atoms with van der Waals surface area (Å²) < 4.78 is 0. The number of carbonyl (C=O) groups is 1. The van der Waals surface area contributed by atoms with Gasteiger partial charge in [-0.25, -0.2) is 0 Å². The summed E-state index contributed by atoms with van der Waals surface area (Å²) in [6.45, 7) is 0. The van der Waals surface area contributed by atoms with Crippen LogP contribution in [0.4, 0.5) is 0 Å². The fourth-order valence-corrected chi connectivity index (χ4v) is 4.91. The Morgan fingerprint density at radius 1 is 0.893 bits per heavy atom. The fourth-order valence-electron chi connectivity index (χ4n) is 4.91. The first-order valence-electron chi connectivity index (χ1n) is 10.1. The number of nitrogens with two attached hydrogens (primary N) is 1. The van der Waals surface area contributed by atoms with E-state index in [1.54, 1.807) is 0 Å². The predicted molar refractivity (Wildman–Crippen MR) is 113 cm³/mol. The lowest BCUT2D eigenvalue weighted by atomic mass is 9.58. The van der Waals surface area contributed by atoms with Gasteiger partial charge in [0.05, 0.1) is 5.60 Å². The summed E-state index contributed by atoms with van der Waals surface area (Å²) in [7, 11) is 0. The van der Waals surface area contributed by atoms with Crippen LogP contribution >= 0.6 is 0 Å². The molecule has 1 atom stereocenters. The Morgan fingerprint density at radius 2 is 1.54 bits per heavy atom. The van der Waals surface area contributed by atoms with Crippen molar-refractivity contribution in [2.75, 3.05) is 0 Å². The minimum atomic E-state index is -1.15. The van der Waals surface area contributed by atoms with Crippen molar-refractivity contribution < 1.29 is 9.90 Å². The second kappa shape index (κ2) is 7.40. The molecule has 144 valence electrons. The minimum Gasteiger partial charge on any atom is -0.388 e. The van der Waals surface area contributed by atoms with Gasteiger partial charge >= 0.3 is 0 Å². The predicted octanol–water partition coefficient (Wildman–Crippen LogP) is 4.50. The zero-order valence-electron chi connectivity index (χ0n) is 16.1. The minimum absolute atomic E-state index is 0.401. The van der Waals surface area contributed by atoms with Crippen LogP contribution in [-0.2, 0) is 16.6 Å². The highest BCUT2D eigenvalue weighted by molar-refractivity contribution is 5.91. The van der Waals surface area contributed by atoms with Crippen LogP contribution in [0.1, 0.15) is 43.2 Å². The van der Waals surface area contributed by atoms with Gasteiger partial charge in [0.1, 0.15) is 5.41 Å².